The minimum atomic E-state index is -4.00. The van der Waals surface area contributed by atoms with Crippen molar-refractivity contribution in [3.8, 4) is 22.7 Å². The van der Waals surface area contributed by atoms with Gasteiger partial charge >= 0.3 is 5.69 Å². The molecule has 4 aromatic rings. The molecule has 0 aliphatic carbocycles. The molecule has 4 heterocycles. The first-order chi connectivity index (χ1) is 21.7. The number of likely N-dealkylation sites (N-methyl/N-ethyl adjacent to an activating group) is 1. The molecule has 46 heavy (non-hydrogen) atoms. The third kappa shape index (κ3) is 6.20. The Morgan fingerprint density at radius 3 is 2.54 bits per heavy atom. The van der Waals surface area contributed by atoms with E-state index in [-0.39, 0.29) is 54.1 Å². The number of rotatable bonds is 7. The number of hydrogen-bond donors (Lipinski definition) is 1. The summed E-state index contributed by atoms with van der Waals surface area (Å²) < 4.78 is 57.3. The highest BCUT2D eigenvalue weighted by Gasteiger charge is 2.31. The Morgan fingerprint density at radius 1 is 1.15 bits per heavy atom. The van der Waals surface area contributed by atoms with Gasteiger partial charge in [-0.05, 0) is 57.8 Å². The van der Waals surface area contributed by atoms with Crippen molar-refractivity contribution in [2.24, 2.45) is 0 Å². The third-order valence-corrected chi connectivity index (χ3v) is 8.64. The van der Waals surface area contributed by atoms with Crippen LogP contribution in [0.4, 0.5) is 14.6 Å². The van der Waals surface area contributed by atoms with E-state index in [0.717, 1.165) is 23.0 Å². The number of phenols is 1. The maximum atomic E-state index is 15.9. The Balaban J connectivity index is 1.73. The molecular formula is C31H33F2N7O5S. The normalized spacial score (nSPS) is 15.8. The molecule has 15 heteroatoms. The van der Waals surface area contributed by atoms with E-state index in [2.05, 4.69) is 15.0 Å². The van der Waals surface area contributed by atoms with Gasteiger partial charge in [-0.2, -0.15) is 4.98 Å². The van der Waals surface area contributed by atoms with Gasteiger partial charge < -0.3 is 19.8 Å². The Kier molecular flexibility index (Phi) is 8.91. The van der Waals surface area contributed by atoms with Gasteiger partial charge in [-0.3, -0.25) is 4.79 Å². The van der Waals surface area contributed by atoms with Gasteiger partial charge in [0.05, 0.1) is 16.6 Å². The Hall–Kier alpha value is -4.76. The molecule has 5 rings (SSSR count). The summed E-state index contributed by atoms with van der Waals surface area (Å²) in [7, 11) is -0.221. The van der Waals surface area contributed by atoms with Crippen LogP contribution in [0.25, 0.3) is 28.0 Å². The van der Waals surface area contributed by atoms with Crippen molar-refractivity contribution in [2.75, 3.05) is 51.4 Å². The predicted molar refractivity (Wildman–Crippen MR) is 169 cm³/mol. The number of piperazine rings is 1. The van der Waals surface area contributed by atoms with E-state index in [4.69, 9.17) is 0 Å². The van der Waals surface area contributed by atoms with E-state index >= 15 is 4.39 Å². The fourth-order valence-corrected chi connectivity index (χ4v) is 6.32. The zero-order chi connectivity index (χ0) is 33.5. The van der Waals surface area contributed by atoms with Crippen molar-refractivity contribution >= 4 is 32.6 Å². The number of carbonyl (C=O) groups excluding carboxylic acids is 1. The first-order valence-corrected chi connectivity index (χ1v) is 16.2. The number of anilines is 1. The largest absolute Gasteiger partial charge is 0.507 e. The Labute approximate surface area is 264 Å². The van der Waals surface area contributed by atoms with Crippen LogP contribution in [-0.4, -0.2) is 101 Å². The average molecular weight is 654 g/mol. The molecule has 12 nitrogen and oxygen atoms in total. The summed E-state index contributed by atoms with van der Waals surface area (Å²) in [6.07, 6.45) is 5.48. The lowest BCUT2D eigenvalue weighted by molar-refractivity contribution is -0.126. The lowest BCUT2D eigenvalue weighted by Gasteiger charge is -2.40. The molecule has 0 bridgehead atoms. The molecule has 1 aliphatic heterocycles. The van der Waals surface area contributed by atoms with Crippen LogP contribution in [0.5, 0.6) is 5.75 Å². The summed E-state index contributed by atoms with van der Waals surface area (Å²) >= 11 is 0. The lowest BCUT2D eigenvalue weighted by Crippen LogP contribution is -2.54. The Morgan fingerprint density at radius 2 is 1.89 bits per heavy atom. The van der Waals surface area contributed by atoms with E-state index < -0.39 is 49.2 Å². The van der Waals surface area contributed by atoms with Gasteiger partial charge in [0.2, 0.25) is 5.91 Å². The van der Waals surface area contributed by atoms with Crippen molar-refractivity contribution in [3.05, 3.63) is 76.4 Å². The monoisotopic (exact) mass is 653 g/mol. The maximum Gasteiger partial charge on any atom is 0.355 e. The van der Waals surface area contributed by atoms with E-state index in [1.807, 2.05) is 25.9 Å². The predicted octanol–water partition coefficient (Wildman–Crippen LogP) is 2.69. The number of hydrogen-bond acceptors (Lipinski definition) is 10. The summed E-state index contributed by atoms with van der Waals surface area (Å²) in [5, 5.41) is 10.0. The molecule has 1 aromatic carbocycles. The number of fused-ring (bicyclic) bond motifs is 1. The summed E-state index contributed by atoms with van der Waals surface area (Å²) in [5.74, 6) is -2.68. The molecular weight excluding hydrogens is 620 g/mol. The van der Waals surface area contributed by atoms with Crippen molar-refractivity contribution < 1.29 is 27.1 Å². The summed E-state index contributed by atoms with van der Waals surface area (Å²) in [4.78, 5) is 44.7. The van der Waals surface area contributed by atoms with E-state index in [9.17, 15) is 27.5 Å². The SMILES string of the molecule is Cc1ccnc(S(C)(=O)=O)c1-n1c(=O)nc(N2CCN(C(=O)/C=C/CN(C)C)C[C@@H]2C)c2cc(F)c(-c3c(O)cccc3F)nc21. The number of phenolic OH excluding ortho intramolecular Hbond substituents is 1. The molecule has 1 atom stereocenters. The number of carbonyl (C=O) groups is 1. The van der Waals surface area contributed by atoms with Gasteiger partial charge in [-0.1, -0.05) is 12.1 Å². The first kappa shape index (κ1) is 32.6. The highest BCUT2D eigenvalue weighted by molar-refractivity contribution is 7.90. The number of pyridine rings is 2. The summed E-state index contributed by atoms with van der Waals surface area (Å²) in [6.45, 7) is 4.77. The molecule has 1 fully saturated rings. The van der Waals surface area contributed by atoms with Gasteiger partial charge in [0.15, 0.2) is 26.3 Å². The zero-order valence-electron chi connectivity index (χ0n) is 25.9. The molecule has 0 unspecified atom stereocenters. The molecule has 0 radical (unpaired) electrons. The van der Waals surface area contributed by atoms with Crippen LogP contribution < -0.4 is 10.6 Å². The topological polar surface area (TPSA) is 142 Å². The van der Waals surface area contributed by atoms with Crippen molar-refractivity contribution in [3.63, 3.8) is 0 Å². The number of amides is 1. The van der Waals surface area contributed by atoms with Gasteiger partial charge in [0, 0.05) is 50.7 Å². The fourth-order valence-electron chi connectivity index (χ4n) is 5.46. The molecule has 0 saturated carbocycles. The van der Waals surface area contributed by atoms with Crippen molar-refractivity contribution in [1.29, 1.82) is 0 Å². The number of sulfone groups is 1. The van der Waals surface area contributed by atoms with Crippen molar-refractivity contribution in [2.45, 2.75) is 24.9 Å². The minimum Gasteiger partial charge on any atom is -0.507 e. The number of aromatic nitrogens is 4. The second-order valence-electron chi connectivity index (χ2n) is 11.4. The van der Waals surface area contributed by atoms with Gasteiger partial charge in [-0.25, -0.2) is 36.5 Å². The molecule has 1 aliphatic rings. The molecule has 3 aromatic heterocycles. The van der Waals surface area contributed by atoms with Crippen LogP contribution in [-0.2, 0) is 14.6 Å². The second kappa shape index (κ2) is 12.6. The van der Waals surface area contributed by atoms with Gasteiger partial charge in [-0.15, -0.1) is 0 Å². The van der Waals surface area contributed by atoms with Crippen molar-refractivity contribution in [1.82, 2.24) is 29.3 Å². The zero-order valence-corrected chi connectivity index (χ0v) is 26.7. The second-order valence-corrected chi connectivity index (χ2v) is 13.4. The van der Waals surface area contributed by atoms with Gasteiger partial charge in [0.25, 0.3) is 0 Å². The molecule has 242 valence electrons. The van der Waals surface area contributed by atoms with Gasteiger partial charge in [0.1, 0.15) is 23.1 Å². The van der Waals surface area contributed by atoms with Crippen LogP contribution in [0.3, 0.4) is 0 Å². The summed E-state index contributed by atoms with van der Waals surface area (Å²) in [6, 6.07) is 5.58. The molecule has 0 spiro atoms. The average Bonchev–Trinajstić information content (AvgIpc) is 2.97. The van der Waals surface area contributed by atoms with E-state index in [0.29, 0.717) is 12.1 Å². The quantitative estimate of drug-likeness (QED) is 0.296. The number of aromatic hydroxyl groups is 1. The fraction of sp³-hybridized carbons (Fsp3) is 0.323. The minimum absolute atomic E-state index is 0.0249. The number of aryl methyl sites for hydroxylation is 1. The van der Waals surface area contributed by atoms with Crippen LogP contribution >= 0.6 is 0 Å². The summed E-state index contributed by atoms with van der Waals surface area (Å²) in [5.41, 5.74) is -2.11. The number of nitrogens with zero attached hydrogens (tertiary/aromatic N) is 7. The number of halogens is 2. The lowest BCUT2D eigenvalue weighted by atomic mass is 10.1. The van der Waals surface area contributed by atoms with Crippen LogP contribution in [0, 0.1) is 18.6 Å². The Bertz CT molecular complexity index is 2030. The smallest absolute Gasteiger partial charge is 0.355 e. The molecule has 1 amide bonds. The highest BCUT2D eigenvalue weighted by atomic mass is 32.2. The first-order valence-electron chi connectivity index (χ1n) is 14.3. The van der Waals surface area contributed by atoms with Crippen LogP contribution in [0.2, 0.25) is 0 Å². The molecule has 1 N–H and O–H groups in total. The maximum absolute atomic E-state index is 15.9. The van der Waals surface area contributed by atoms with Crippen LogP contribution in [0.1, 0.15) is 12.5 Å². The standard InChI is InChI=1S/C31H33F2N7O5S/c1-18-11-12-34-30(46(5,44)45)27(18)40-29-20(16-22(33)26(35-29)25-21(32)8-6-9-23(25)41)28(36-31(40)43)39-15-14-38(17-19(39)2)24(42)10-7-13-37(3)4/h6-12,16,19,41H,13-15,17H2,1-5H3/b10-7+/t19-/m0/s1. The highest BCUT2D eigenvalue weighted by Crippen LogP contribution is 2.36. The molecule has 1 saturated heterocycles. The van der Waals surface area contributed by atoms with E-state index in [1.54, 1.807) is 22.8 Å². The third-order valence-electron chi connectivity index (χ3n) is 7.64. The number of benzene rings is 1. The van der Waals surface area contributed by atoms with E-state index in [1.165, 1.54) is 30.5 Å². The van der Waals surface area contributed by atoms with Crippen LogP contribution in [0.15, 0.2) is 58.5 Å².